The van der Waals surface area contributed by atoms with Gasteiger partial charge in [-0.2, -0.15) is 0 Å². The number of fused-ring (bicyclic) bond motifs is 3. The first kappa shape index (κ1) is 22.8. The number of alkyl halides is 1. The summed E-state index contributed by atoms with van der Waals surface area (Å²) in [6.45, 7) is 3.17. The van der Waals surface area contributed by atoms with E-state index in [0.717, 1.165) is 24.1 Å². The Labute approximate surface area is 216 Å². The zero-order valence-electron chi connectivity index (χ0n) is 19.1. The van der Waals surface area contributed by atoms with Gasteiger partial charge in [-0.1, -0.05) is 40.3 Å². The van der Waals surface area contributed by atoms with Crippen LogP contribution in [0.5, 0.6) is 0 Å². The van der Waals surface area contributed by atoms with Crippen LogP contribution in [-0.4, -0.2) is 60.7 Å². The molecule has 4 aromatic rings. The molecule has 1 N–H and O–H groups in total. The topological polar surface area (TPSA) is 102 Å². The first-order valence-electron chi connectivity index (χ1n) is 11.7. The quantitative estimate of drug-likeness (QED) is 0.283. The average molecular weight is 604 g/mol. The minimum absolute atomic E-state index is 0.00477. The van der Waals surface area contributed by atoms with Crippen LogP contribution in [0, 0.1) is 6.92 Å². The number of rotatable bonds is 4. The van der Waals surface area contributed by atoms with Crippen molar-refractivity contribution in [1.29, 1.82) is 0 Å². The van der Waals surface area contributed by atoms with E-state index < -0.39 is 10.0 Å². The second-order valence-corrected chi connectivity index (χ2v) is 12.8. The molecule has 0 radical (unpaired) electrons. The number of halogens is 1. The second-order valence-electron chi connectivity index (χ2n) is 9.38. The van der Waals surface area contributed by atoms with Gasteiger partial charge in [-0.15, -0.1) is 0 Å². The fourth-order valence-corrected chi connectivity index (χ4v) is 7.22. The van der Waals surface area contributed by atoms with Gasteiger partial charge in [-0.25, -0.2) is 27.2 Å². The highest BCUT2D eigenvalue weighted by Gasteiger charge is 2.37. The van der Waals surface area contributed by atoms with Crippen LogP contribution in [-0.2, 0) is 10.0 Å². The number of nitrogens with one attached hydrogen (secondary N) is 1. The van der Waals surface area contributed by atoms with Crippen molar-refractivity contribution in [2.75, 3.05) is 13.1 Å². The Balaban J connectivity index is 1.37. The van der Waals surface area contributed by atoms with Gasteiger partial charge in [0, 0.05) is 47.1 Å². The van der Waals surface area contributed by atoms with Crippen molar-refractivity contribution in [3.05, 3.63) is 60.2 Å². The van der Waals surface area contributed by atoms with Crippen molar-refractivity contribution in [3.63, 3.8) is 0 Å². The summed E-state index contributed by atoms with van der Waals surface area (Å²) in [5.41, 5.74) is 3.62. The van der Waals surface area contributed by atoms with Crippen LogP contribution in [0.25, 0.3) is 16.8 Å². The Hall–Kier alpha value is -2.67. The molecule has 2 atom stereocenters. The Bertz CT molecular complexity index is 1540. The number of amides is 2. The molecular formula is C24H25IN6O3S. The Morgan fingerprint density at radius 3 is 2.57 bits per heavy atom. The third-order valence-electron chi connectivity index (χ3n) is 7.09. The van der Waals surface area contributed by atoms with Gasteiger partial charge in [0.1, 0.15) is 0 Å². The van der Waals surface area contributed by atoms with E-state index in [4.69, 9.17) is 0 Å². The fraction of sp³-hybridized carbons (Fsp3) is 0.375. The molecule has 9 nitrogen and oxygen atoms in total. The molecule has 0 bridgehead atoms. The van der Waals surface area contributed by atoms with Crippen LogP contribution in [0.15, 0.2) is 53.8 Å². The van der Waals surface area contributed by atoms with E-state index in [2.05, 4.69) is 37.9 Å². The van der Waals surface area contributed by atoms with Gasteiger partial charge in [-0.3, -0.25) is 4.40 Å². The first-order chi connectivity index (χ1) is 16.8. The monoisotopic (exact) mass is 604 g/mol. The van der Waals surface area contributed by atoms with Crippen molar-refractivity contribution in [2.24, 2.45) is 0 Å². The number of likely N-dealkylation sites (tertiary alicyclic amines) is 1. The highest BCUT2D eigenvalue weighted by molar-refractivity contribution is 14.1. The van der Waals surface area contributed by atoms with Crippen LogP contribution < -0.4 is 5.32 Å². The van der Waals surface area contributed by atoms with Crippen molar-refractivity contribution in [1.82, 2.24) is 28.6 Å². The molecule has 1 saturated carbocycles. The van der Waals surface area contributed by atoms with Crippen molar-refractivity contribution < 1.29 is 13.2 Å². The first-order valence-corrected chi connectivity index (χ1v) is 14.4. The molecule has 2 aliphatic rings. The lowest BCUT2D eigenvalue weighted by molar-refractivity contribution is 0.196. The summed E-state index contributed by atoms with van der Waals surface area (Å²) in [6, 6.07) is 8.85. The number of aryl methyl sites for hydroxylation is 1. The van der Waals surface area contributed by atoms with Gasteiger partial charge in [0.05, 0.1) is 16.6 Å². The fourth-order valence-electron chi connectivity index (χ4n) is 4.85. The Kier molecular flexibility index (Phi) is 5.51. The standard InChI is InChI=1S/C24H25IN6O3S/c1-15-5-7-17(8-6-15)35(33,34)30-10-9-20-23(30)27-12-22-26-11-21(31(20)22)18-13-29(14-19(18)25)24(32)28-16-3-2-4-16/h5-12,16,18-19H,2-4,13-14H2,1H3,(H,28,32)/t18-,19+/m0/s1. The smallest absolute Gasteiger partial charge is 0.317 e. The molecule has 0 spiro atoms. The van der Waals surface area contributed by atoms with E-state index in [9.17, 15) is 13.2 Å². The summed E-state index contributed by atoms with van der Waals surface area (Å²) in [6.07, 6.45) is 8.25. The highest BCUT2D eigenvalue weighted by atomic mass is 127. The van der Waals surface area contributed by atoms with Gasteiger partial charge in [0.25, 0.3) is 10.0 Å². The number of hydrogen-bond acceptors (Lipinski definition) is 5. The molecule has 2 fully saturated rings. The van der Waals surface area contributed by atoms with Gasteiger partial charge in [0.2, 0.25) is 0 Å². The van der Waals surface area contributed by atoms with Crippen LogP contribution in [0.4, 0.5) is 4.79 Å². The Morgan fingerprint density at radius 2 is 1.86 bits per heavy atom. The molecule has 6 rings (SSSR count). The summed E-state index contributed by atoms with van der Waals surface area (Å²) in [4.78, 5) is 23.9. The summed E-state index contributed by atoms with van der Waals surface area (Å²) in [5, 5.41) is 3.13. The SMILES string of the molecule is Cc1ccc(S(=O)(=O)n2ccc3c2ncc2ncc([C@H]4CN(C(=O)NC5CCC5)C[C@H]4I)n23)cc1. The lowest BCUT2D eigenvalue weighted by Crippen LogP contribution is -2.46. The summed E-state index contributed by atoms with van der Waals surface area (Å²) < 4.78 is 30.2. The Morgan fingerprint density at radius 1 is 1.09 bits per heavy atom. The van der Waals surface area contributed by atoms with Crippen LogP contribution in [0.2, 0.25) is 0 Å². The van der Waals surface area contributed by atoms with E-state index in [1.807, 2.05) is 22.4 Å². The van der Waals surface area contributed by atoms with Crippen molar-refractivity contribution >= 4 is 55.5 Å². The summed E-state index contributed by atoms with van der Waals surface area (Å²) in [5.74, 6) is 0.0698. The maximum atomic E-state index is 13.4. The molecule has 182 valence electrons. The molecule has 4 heterocycles. The predicted molar refractivity (Wildman–Crippen MR) is 141 cm³/mol. The van der Waals surface area contributed by atoms with Gasteiger partial charge < -0.3 is 10.2 Å². The van der Waals surface area contributed by atoms with Gasteiger partial charge in [-0.05, 0) is 44.4 Å². The van der Waals surface area contributed by atoms with Crippen LogP contribution in [0.1, 0.15) is 36.4 Å². The number of benzene rings is 1. The number of carbonyl (C=O) groups excluding carboxylic acids is 1. The number of aromatic nitrogens is 4. The van der Waals surface area contributed by atoms with Crippen LogP contribution in [0.3, 0.4) is 0 Å². The van der Waals surface area contributed by atoms with E-state index in [0.29, 0.717) is 35.9 Å². The average Bonchev–Trinajstić information content (AvgIpc) is 3.52. The minimum atomic E-state index is -3.80. The van der Waals surface area contributed by atoms with E-state index in [-0.39, 0.29) is 20.8 Å². The predicted octanol–water partition coefficient (Wildman–Crippen LogP) is 3.69. The molecule has 2 amide bonds. The molecule has 1 aliphatic carbocycles. The number of carbonyl (C=O) groups is 1. The molecule has 3 aromatic heterocycles. The van der Waals surface area contributed by atoms with Crippen molar-refractivity contribution in [3.8, 4) is 0 Å². The number of hydrogen-bond donors (Lipinski definition) is 1. The zero-order valence-corrected chi connectivity index (χ0v) is 22.1. The number of urea groups is 1. The lowest BCUT2D eigenvalue weighted by Gasteiger charge is -2.29. The third kappa shape index (κ3) is 3.79. The maximum absolute atomic E-state index is 13.4. The summed E-state index contributed by atoms with van der Waals surface area (Å²) >= 11 is 2.41. The maximum Gasteiger partial charge on any atom is 0.317 e. The molecule has 11 heteroatoms. The largest absolute Gasteiger partial charge is 0.335 e. The van der Waals surface area contributed by atoms with Gasteiger partial charge >= 0.3 is 6.03 Å². The van der Waals surface area contributed by atoms with E-state index in [1.54, 1.807) is 42.7 Å². The zero-order chi connectivity index (χ0) is 24.3. The van der Waals surface area contributed by atoms with E-state index in [1.165, 1.54) is 10.4 Å². The third-order valence-corrected chi connectivity index (χ3v) is 10.0. The van der Waals surface area contributed by atoms with E-state index >= 15 is 0 Å². The van der Waals surface area contributed by atoms with Crippen molar-refractivity contribution in [2.45, 2.75) is 47.0 Å². The lowest BCUT2D eigenvalue weighted by atomic mass is 9.93. The molecule has 35 heavy (non-hydrogen) atoms. The number of nitrogens with zero attached hydrogens (tertiary/aromatic N) is 5. The summed E-state index contributed by atoms with van der Waals surface area (Å²) in [7, 11) is -3.80. The minimum Gasteiger partial charge on any atom is -0.335 e. The molecular weight excluding hydrogens is 579 g/mol. The molecule has 1 saturated heterocycles. The normalized spacial score (nSPS) is 21.0. The van der Waals surface area contributed by atoms with Gasteiger partial charge in [0.15, 0.2) is 11.3 Å². The highest BCUT2D eigenvalue weighted by Crippen LogP contribution is 2.35. The van der Waals surface area contributed by atoms with Crippen LogP contribution >= 0.6 is 22.6 Å². The number of imidazole rings is 1. The molecule has 1 aliphatic heterocycles. The molecule has 1 aromatic carbocycles. The molecule has 0 unspecified atom stereocenters. The second kappa shape index (κ2) is 8.47.